The van der Waals surface area contributed by atoms with Gasteiger partial charge in [0, 0.05) is 17.8 Å². The lowest BCUT2D eigenvalue weighted by molar-refractivity contribution is -0.144. The number of amides is 1. The number of nitrogens with one attached hydrogen (secondary N) is 1. The summed E-state index contributed by atoms with van der Waals surface area (Å²) in [6.07, 6.45) is -4.04. The highest BCUT2D eigenvalue weighted by atomic mass is 19.4. The molecular formula is C35H42F4N2O5. The number of hydrogen-bond acceptors (Lipinski definition) is 5. The maximum atomic E-state index is 15.9. The maximum Gasteiger partial charge on any atom is 0.416 e. The highest BCUT2D eigenvalue weighted by molar-refractivity contribution is 5.82. The van der Waals surface area contributed by atoms with Crippen molar-refractivity contribution in [2.24, 2.45) is 5.92 Å². The molecule has 46 heavy (non-hydrogen) atoms. The van der Waals surface area contributed by atoms with Crippen molar-refractivity contribution in [3.8, 4) is 16.9 Å². The van der Waals surface area contributed by atoms with Crippen LogP contribution in [0.5, 0.6) is 5.75 Å². The van der Waals surface area contributed by atoms with Crippen molar-refractivity contribution in [3.63, 3.8) is 0 Å². The van der Waals surface area contributed by atoms with E-state index in [2.05, 4.69) is 5.32 Å². The average molecular weight is 647 g/mol. The zero-order chi connectivity index (χ0) is 34.5. The van der Waals surface area contributed by atoms with Gasteiger partial charge in [-0.25, -0.2) is 4.39 Å². The Hall–Kier alpha value is -4.15. The van der Waals surface area contributed by atoms with Gasteiger partial charge in [0.15, 0.2) is 0 Å². The van der Waals surface area contributed by atoms with Crippen molar-refractivity contribution in [3.05, 3.63) is 86.1 Å². The number of benzene rings is 2. The number of carbonyl (C=O) groups is 2. The Bertz CT molecular complexity index is 1650. The number of carbonyl (C=O) groups excluding carboxylic acids is 2. The number of nitrogens with zero attached hydrogens (tertiary/aromatic N) is 1. The molecule has 3 aromatic rings. The molecule has 0 aliphatic heterocycles. The van der Waals surface area contributed by atoms with Gasteiger partial charge in [-0.2, -0.15) is 13.2 Å². The minimum atomic E-state index is -4.75. The van der Waals surface area contributed by atoms with Gasteiger partial charge in [-0.05, 0) is 98.0 Å². The van der Waals surface area contributed by atoms with Crippen LogP contribution in [0.1, 0.15) is 86.0 Å². The molecule has 3 rings (SSSR count). The molecule has 250 valence electrons. The molecule has 0 aliphatic rings. The van der Waals surface area contributed by atoms with Crippen LogP contribution in [0.3, 0.4) is 0 Å². The predicted octanol–water partition coefficient (Wildman–Crippen LogP) is 7.57. The number of hydrogen-bond donors (Lipinski definition) is 1. The van der Waals surface area contributed by atoms with E-state index >= 15 is 4.39 Å². The zero-order valence-corrected chi connectivity index (χ0v) is 27.5. The van der Waals surface area contributed by atoms with Crippen LogP contribution in [0, 0.1) is 32.5 Å². The lowest BCUT2D eigenvalue weighted by Gasteiger charge is -2.27. The Kier molecular flexibility index (Phi) is 11.8. The van der Waals surface area contributed by atoms with E-state index in [-0.39, 0.29) is 42.1 Å². The molecule has 11 heteroatoms. The lowest BCUT2D eigenvalue weighted by atomic mass is 9.90. The van der Waals surface area contributed by atoms with Gasteiger partial charge < -0.3 is 19.4 Å². The summed E-state index contributed by atoms with van der Waals surface area (Å²) >= 11 is 0. The lowest BCUT2D eigenvalue weighted by Crippen LogP contribution is -2.41. The molecule has 0 bridgehead atoms. The minimum Gasteiger partial charge on any atom is -0.496 e. The molecule has 1 N–H and O–H groups in total. The summed E-state index contributed by atoms with van der Waals surface area (Å²) in [6.45, 7) is 12.2. The Morgan fingerprint density at radius 2 is 1.70 bits per heavy atom. The number of esters is 1. The molecular weight excluding hydrogens is 604 g/mol. The highest BCUT2D eigenvalue weighted by Crippen LogP contribution is 2.37. The second-order valence-electron chi connectivity index (χ2n) is 11.8. The number of pyridine rings is 1. The molecule has 0 radical (unpaired) electrons. The van der Waals surface area contributed by atoms with E-state index in [1.54, 1.807) is 46.9 Å². The quantitative estimate of drug-likeness (QED) is 0.162. The normalized spacial score (nSPS) is 13.0. The molecule has 0 spiro atoms. The van der Waals surface area contributed by atoms with Crippen LogP contribution in [-0.2, 0) is 26.9 Å². The summed E-state index contributed by atoms with van der Waals surface area (Å²) in [5.74, 6) is -1.60. The first-order valence-electron chi connectivity index (χ1n) is 15.3. The van der Waals surface area contributed by atoms with Crippen LogP contribution in [0.25, 0.3) is 11.1 Å². The summed E-state index contributed by atoms with van der Waals surface area (Å²) in [4.78, 5) is 39.8. The summed E-state index contributed by atoms with van der Waals surface area (Å²) in [5, 5.41) is 2.75. The van der Waals surface area contributed by atoms with E-state index in [0.29, 0.717) is 17.4 Å². The third kappa shape index (κ3) is 8.16. The first-order valence-corrected chi connectivity index (χ1v) is 15.3. The monoisotopic (exact) mass is 646 g/mol. The van der Waals surface area contributed by atoms with E-state index in [0.717, 1.165) is 27.5 Å². The second-order valence-corrected chi connectivity index (χ2v) is 11.8. The van der Waals surface area contributed by atoms with Crippen LogP contribution in [0.15, 0.2) is 41.3 Å². The van der Waals surface area contributed by atoms with Crippen LogP contribution in [-0.4, -0.2) is 30.2 Å². The molecule has 0 saturated heterocycles. The summed E-state index contributed by atoms with van der Waals surface area (Å²) in [7, 11) is 1.55. The number of halogens is 4. The first kappa shape index (κ1) is 36.3. The number of rotatable bonds is 12. The first-order chi connectivity index (χ1) is 21.5. The van der Waals surface area contributed by atoms with E-state index in [9.17, 15) is 27.6 Å². The molecule has 1 unspecified atom stereocenters. The summed E-state index contributed by atoms with van der Waals surface area (Å²) in [6, 6.07) is 4.99. The van der Waals surface area contributed by atoms with Crippen molar-refractivity contribution in [2.75, 3.05) is 13.7 Å². The third-order valence-electron chi connectivity index (χ3n) is 7.97. The SMILES string of the molecule is CCOC(=O)C[C@H](NC(=O)C(CC(C)C)n1cc(CC)c(C(F)(F)F)cc1=O)c1cc(-c2c(C)ccc(OC)c2C)cc(C)c1F. The molecule has 1 amide bonds. The number of aromatic nitrogens is 1. The molecule has 0 saturated carbocycles. The van der Waals surface area contributed by atoms with E-state index in [4.69, 9.17) is 9.47 Å². The Balaban J connectivity index is 2.19. The van der Waals surface area contributed by atoms with Gasteiger partial charge in [0.25, 0.3) is 5.56 Å². The van der Waals surface area contributed by atoms with E-state index in [1.165, 1.54) is 6.92 Å². The van der Waals surface area contributed by atoms with Gasteiger partial charge >= 0.3 is 12.1 Å². The smallest absolute Gasteiger partial charge is 0.416 e. The zero-order valence-electron chi connectivity index (χ0n) is 27.5. The molecule has 1 heterocycles. The van der Waals surface area contributed by atoms with Crippen LogP contribution >= 0.6 is 0 Å². The minimum absolute atomic E-state index is 0.0235. The Morgan fingerprint density at radius 3 is 2.26 bits per heavy atom. The average Bonchev–Trinajstić information content (AvgIpc) is 2.97. The van der Waals surface area contributed by atoms with Crippen molar-refractivity contribution in [1.29, 1.82) is 0 Å². The molecule has 2 atom stereocenters. The Morgan fingerprint density at radius 1 is 1.02 bits per heavy atom. The van der Waals surface area contributed by atoms with Gasteiger partial charge in [0.05, 0.1) is 31.7 Å². The number of alkyl halides is 3. The van der Waals surface area contributed by atoms with Crippen molar-refractivity contribution < 1.29 is 36.6 Å². The van der Waals surface area contributed by atoms with Gasteiger partial charge in [-0.1, -0.05) is 26.8 Å². The van der Waals surface area contributed by atoms with Crippen LogP contribution in [0.4, 0.5) is 17.6 Å². The van der Waals surface area contributed by atoms with Crippen LogP contribution in [0.2, 0.25) is 0 Å². The van der Waals surface area contributed by atoms with Crippen LogP contribution < -0.4 is 15.6 Å². The fourth-order valence-corrected chi connectivity index (χ4v) is 5.76. The maximum absolute atomic E-state index is 15.9. The number of methoxy groups -OCH3 is 1. The Labute approximate surface area is 266 Å². The molecule has 0 fully saturated rings. The van der Waals surface area contributed by atoms with Gasteiger partial charge in [-0.3, -0.25) is 14.4 Å². The van der Waals surface area contributed by atoms with Crippen molar-refractivity contribution >= 4 is 11.9 Å². The third-order valence-corrected chi connectivity index (χ3v) is 7.97. The molecule has 2 aromatic carbocycles. The van der Waals surface area contributed by atoms with Crippen molar-refractivity contribution in [1.82, 2.24) is 9.88 Å². The fraction of sp³-hybridized carbons (Fsp3) is 0.457. The largest absolute Gasteiger partial charge is 0.496 e. The summed E-state index contributed by atoms with van der Waals surface area (Å²) in [5.41, 5.74) is 1.23. The van der Waals surface area contributed by atoms with Crippen molar-refractivity contribution in [2.45, 2.75) is 86.0 Å². The van der Waals surface area contributed by atoms with Gasteiger partial charge in [0.1, 0.15) is 17.6 Å². The van der Waals surface area contributed by atoms with E-state index < -0.39 is 53.5 Å². The van der Waals surface area contributed by atoms with Gasteiger partial charge in [-0.15, -0.1) is 0 Å². The molecule has 0 aliphatic carbocycles. The second kappa shape index (κ2) is 15.0. The van der Waals surface area contributed by atoms with Gasteiger partial charge in [0.2, 0.25) is 5.91 Å². The number of aryl methyl sites for hydroxylation is 3. The highest BCUT2D eigenvalue weighted by Gasteiger charge is 2.35. The fourth-order valence-electron chi connectivity index (χ4n) is 5.76. The summed E-state index contributed by atoms with van der Waals surface area (Å²) < 4.78 is 68.6. The molecule has 1 aromatic heterocycles. The number of ether oxygens (including phenoxy) is 2. The molecule has 7 nitrogen and oxygen atoms in total. The van der Waals surface area contributed by atoms with E-state index in [1.807, 2.05) is 26.0 Å². The topological polar surface area (TPSA) is 86.6 Å². The standard InChI is InChI=1S/C35H42F4N2O5/c1-9-23-18-41(30(42)16-26(23)35(37,38)39)28(13-19(3)4)34(44)40-27(17-31(43)46-10-2)25-15-24(14-21(6)33(25)36)32-20(5)11-12-29(45-8)22(32)7/h11-12,14-16,18-19,27-28H,9-10,13,17H2,1-8H3,(H,40,44)/t27-,28?/m0/s1. The predicted molar refractivity (Wildman–Crippen MR) is 168 cm³/mol.